The van der Waals surface area contributed by atoms with Crippen molar-refractivity contribution in [1.82, 2.24) is 23.9 Å². The summed E-state index contributed by atoms with van der Waals surface area (Å²) in [6.45, 7) is 2.99. The third kappa shape index (κ3) is 4.05. The Morgan fingerprint density at radius 2 is 2.12 bits per heavy atom. The summed E-state index contributed by atoms with van der Waals surface area (Å²) in [5.41, 5.74) is 4.48. The first-order valence-corrected chi connectivity index (χ1v) is 11.9. The van der Waals surface area contributed by atoms with Gasteiger partial charge in [0, 0.05) is 20.7 Å². The summed E-state index contributed by atoms with van der Waals surface area (Å²) in [5.74, 6) is 0.110. The van der Waals surface area contributed by atoms with Gasteiger partial charge < -0.3 is 10.5 Å². The van der Waals surface area contributed by atoms with Gasteiger partial charge in [-0.05, 0) is 31.2 Å². The molecule has 10 nitrogen and oxygen atoms in total. The highest BCUT2D eigenvalue weighted by Gasteiger charge is 2.28. The molecule has 12 heteroatoms. The molecule has 0 radical (unpaired) electrons. The van der Waals surface area contributed by atoms with Crippen LogP contribution in [0.4, 0.5) is 5.82 Å². The van der Waals surface area contributed by atoms with Crippen LogP contribution in [0, 0.1) is 0 Å². The molecule has 1 fully saturated rings. The monoisotopic (exact) mass is 476 g/mol. The van der Waals surface area contributed by atoms with E-state index in [-0.39, 0.29) is 17.5 Å². The number of nitrogen functional groups attached to an aromatic ring is 1. The van der Waals surface area contributed by atoms with Crippen molar-refractivity contribution < 1.29 is 9.53 Å². The fraction of sp³-hybridized carbons (Fsp3) is 0.450. The summed E-state index contributed by atoms with van der Waals surface area (Å²) < 4.78 is 9.76. The Morgan fingerprint density at radius 1 is 1.34 bits per heavy atom. The van der Waals surface area contributed by atoms with E-state index in [1.165, 1.54) is 25.9 Å². The van der Waals surface area contributed by atoms with Gasteiger partial charge in [-0.3, -0.25) is 23.3 Å². The molecule has 0 aliphatic carbocycles. The third-order valence-electron chi connectivity index (χ3n) is 5.48. The normalized spacial score (nSPS) is 17.0. The first-order valence-electron chi connectivity index (χ1n) is 10.1. The quantitative estimate of drug-likeness (QED) is 0.402. The lowest BCUT2D eigenvalue weighted by Crippen LogP contribution is -2.42. The molecule has 4 rings (SSSR count). The summed E-state index contributed by atoms with van der Waals surface area (Å²) in [4.78, 5) is 38.8. The molecule has 0 aromatic carbocycles. The topological polar surface area (TPSA) is 127 Å². The minimum absolute atomic E-state index is 0.0571. The van der Waals surface area contributed by atoms with Crippen LogP contribution < -0.4 is 17.0 Å². The van der Waals surface area contributed by atoms with Crippen molar-refractivity contribution in [3.63, 3.8) is 0 Å². The van der Waals surface area contributed by atoms with E-state index in [9.17, 15) is 14.4 Å². The molecule has 4 heterocycles. The van der Waals surface area contributed by atoms with E-state index in [2.05, 4.69) is 10.2 Å². The molecule has 3 aromatic heterocycles. The summed E-state index contributed by atoms with van der Waals surface area (Å²) in [7, 11) is 2.75. The summed E-state index contributed by atoms with van der Waals surface area (Å²) in [5, 5.41) is 10.5. The maximum absolute atomic E-state index is 13.2. The average molecular weight is 477 g/mol. The van der Waals surface area contributed by atoms with E-state index in [0.29, 0.717) is 11.7 Å². The first kappa shape index (κ1) is 22.5. The summed E-state index contributed by atoms with van der Waals surface area (Å²) in [6, 6.07) is 3.92. The third-order valence-corrected chi connectivity index (χ3v) is 7.42. The summed E-state index contributed by atoms with van der Waals surface area (Å²) >= 11 is 2.76. The standard InChI is InChI=1S/C20H24N6O4S2/c1-11(15(27)14-16(21)24(2)20(29)25(3)18(14)28)32-19-23-22-17(13-7-5-9-31-13)26(19)10-12-6-4-8-30-12/h5,7,9,11-12H,4,6,8,10,21H2,1-3H3/t11-,12-/m1/s1. The van der Waals surface area contributed by atoms with E-state index >= 15 is 0 Å². The molecule has 2 atom stereocenters. The largest absolute Gasteiger partial charge is 0.384 e. The average Bonchev–Trinajstić information content (AvgIpc) is 3.54. The van der Waals surface area contributed by atoms with Gasteiger partial charge in [-0.15, -0.1) is 21.5 Å². The fourth-order valence-corrected chi connectivity index (χ4v) is 5.26. The molecule has 1 saturated heterocycles. The van der Waals surface area contributed by atoms with Gasteiger partial charge in [0.15, 0.2) is 16.8 Å². The van der Waals surface area contributed by atoms with Crippen molar-refractivity contribution in [3.8, 4) is 10.7 Å². The molecule has 3 aromatic rings. The molecule has 0 unspecified atom stereocenters. The van der Waals surface area contributed by atoms with Crippen molar-refractivity contribution in [2.75, 3.05) is 12.3 Å². The number of carbonyl (C=O) groups excluding carboxylic acids is 1. The number of thioether (sulfide) groups is 1. The minimum atomic E-state index is -0.705. The number of hydrogen-bond acceptors (Lipinski definition) is 9. The second-order valence-electron chi connectivity index (χ2n) is 7.62. The minimum Gasteiger partial charge on any atom is -0.384 e. The lowest BCUT2D eigenvalue weighted by Gasteiger charge is -2.17. The van der Waals surface area contributed by atoms with E-state index in [4.69, 9.17) is 10.5 Å². The number of ketones is 1. The van der Waals surface area contributed by atoms with Gasteiger partial charge in [-0.25, -0.2) is 4.79 Å². The van der Waals surface area contributed by atoms with Crippen molar-refractivity contribution in [1.29, 1.82) is 0 Å². The molecule has 1 aliphatic heterocycles. The zero-order chi connectivity index (χ0) is 23.0. The maximum atomic E-state index is 13.2. The van der Waals surface area contributed by atoms with E-state index in [0.717, 1.165) is 39.3 Å². The fourth-order valence-electron chi connectivity index (χ4n) is 3.63. The molecular weight excluding hydrogens is 452 g/mol. The van der Waals surface area contributed by atoms with Crippen molar-refractivity contribution in [2.45, 2.75) is 42.8 Å². The second-order valence-corrected chi connectivity index (χ2v) is 9.88. The number of nitrogens with zero attached hydrogens (tertiary/aromatic N) is 5. The second kappa shape index (κ2) is 9.04. The van der Waals surface area contributed by atoms with Crippen molar-refractivity contribution in [3.05, 3.63) is 43.9 Å². The van der Waals surface area contributed by atoms with Crippen LogP contribution >= 0.6 is 23.1 Å². The smallest absolute Gasteiger partial charge is 0.332 e. The Balaban J connectivity index is 1.66. The number of carbonyl (C=O) groups is 1. The van der Waals surface area contributed by atoms with Crippen LogP contribution in [-0.2, 0) is 25.4 Å². The van der Waals surface area contributed by atoms with Gasteiger partial charge in [-0.1, -0.05) is 17.8 Å². The molecule has 0 saturated carbocycles. The highest BCUT2D eigenvalue weighted by Crippen LogP contribution is 2.31. The Morgan fingerprint density at radius 3 is 2.78 bits per heavy atom. The molecule has 32 heavy (non-hydrogen) atoms. The molecule has 170 valence electrons. The Labute approximate surface area is 192 Å². The highest BCUT2D eigenvalue weighted by molar-refractivity contribution is 8.00. The zero-order valence-corrected chi connectivity index (χ0v) is 19.6. The van der Waals surface area contributed by atoms with Crippen molar-refractivity contribution in [2.24, 2.45) is 14.1 Å². The summed E-state index contributed by atoms with van der Waals surface area (Å²) in [6.07, 6.45) is 2.01. The zero-order valence-electron chi connectivity index (χ0n) is 18.0. The number of aromatic nitrogens is 5. The molecule has 0 bridgehead atoms. The Hall–Kier alpha value is -2.70. The van der Waals surface area contributed by atoms with Gasteiger partial charge in [0.1, 0.15) is 11.4 Å². The van der Waals surface area contributed by atoms with Gasteiger partial charge in [0.25, 0.3) is 5.56 Å². The van der Waals surface area contributed by atoms with Crippen LogP contribution in [0.3, 0.4) is 0 Å². The van der Waals surface area contributed by atoms with Crippen LogP contribution in [0.5, 0.6) is 0 Å². The van der Waals surface area contributed by atoms with Crippen LogP contribution in [-0.4, -0.2) is 47.6 Å². The van der Waals surface area contributed by atoms with Crippen molar-refractivity contribution >= 4 is 34.7 Å². The first-order chi connectivity index (χ1) is 15.3. The van der Waals surface area contributed by atoms with Crippen LogP contribution in [0.25, 0.3) is 10.7 Å². The Bertz CT molecular complexity index is 1250. The van der Waals surface area contributed by atoms with Gasteiger partial charge in [0.05, 0.1) is 22.8 Å². The van der Waals surface area contributed by atoms with Crippen LogP contribution in [0.1, 0.15) is 30.1 Å². The number of Topliss-reactive ketones (excluding diaryl/α,β-unsaturated/α-hetero) is 1. The number of ether oxygens (including phenoxy) is 1. The molecule has 2 N–H and O–H groups in total. The number of rotatable bonds is 7. The lowest BCUT2D eigenvalue weighted by atomic mass is 10.1. The van der Waals surface area contributed by atoms with Gasteiger partial charge >= 0.3 is 5.69 Å². The van der Waals surface area contributed by atoms with Crippen LogP contribution in [0.15, 0.2) is 32.3 Å². The van der Waals surface area contributed by atoms with E-state index < -0.39 is 22.3 Å². The number of anilines is 1. The Kier molecular flexibility index (Phi) is 6.35. The highest BCUT2D eigenvalue weighted by atomic mass is 32.2. The molecule has 1 aliphatic rings. The maximum Gasteiger partial charge on any atom is 0.332 e. The SMILES string of the molecule is C[C@@H](Sc1nnc(-c2cccs2)n1C[C@H]1CCCO1)C(=O)c1c(N)n(C)c(=O)n(C)c1=O. The van der Waals surface area contributed by atoms with Gasteiger partial charge in [-0.2, -0.15) is 0 Å². The van der Waals surface area contributed by atoms with Gasteiger partial charge in [0.2, 0.25) is 0 Å². The lowest BCUT2D eigenvalue weighted by molar-refractivity contribution is 0.0953. The van der Waals surface area contributed by atoms with E-state index in [1.807, 2.05) is 22.1 Å². The number of nitrogens with two attached hydrogens (primary N) is 1. The number of hydrogen-bond donors (Lipinski definition) is 1. The van der Waals surface area contributed by atoms with E-state index in [1.54, 1.807) is 18.3 Å². The molecule has 0 spiro atoms. The predicted molar refractivity (Wildman–Crippen MR) is 123 cm³/mol. The molecule has 0 amide bonds. The number of thiophene rings is 1. The predicted octanol–water partition coefficient (Wildman–Crippen LogP) is 1.53. The molecular formula is C20H24N6O4S2. The van der Waals surface area contributed by atoms with Crippen LogP contribution in [0.2, 0.25) is 0 Å².